The first kappa shape index (κ1) is 15.3. The molecule has 1 saturated carbocycles. The number of esters is 1. The molecule has 0 atom stereocenters. The molecule has 0 unspecified atom stereocenters. The predicted molar refractivity (Wildman–Crippen MR) is 79.5 cm³/mol. The van der Waals surface area contributed by atoms with E-state index in [1.807, 2.05) is 0 Å². The number of methoxy groups -OCH3 is 1. The highest BCUT2D eigenvalue weighted by Crippen LogP contribution is 2.31. The maximum atomic E-state index is 11.6. The zero-order valence-electron chi connectivity index (χ0n) is 12.3. The van der Waals surface area contributed by atoms with E-state index in [1.54, 1.807) is 0 Å². The minimum absolute atomic E-state index is 0.0127. The summed E-state index contributed by atoms with van der Waals surface area (Å²) < 4.78 is 4.66. The fourth-order valence-electron chi connectivity index (χ4n) is 2.68. The van der Waals surface area contributed by atoms with Crippen molar-refractivity contribution >= 4 is 17.3 Å². The third kappa shape index (κ3) is 3.71. The minimum atomic E-state index is -0.495. The molecular weight excluding hydrogens is 272 g/mol. The molecule has 0 spiro atoms. The molecule has 114 valence electrons. The Balaban J connectivity index is 2.22. The summed E-state index contributed by atoms with van der Waals surface area (Å²) >= 11 is 0. The highest BCUT2D eigenvalue weighted by atomic mass is 16.6. The summed E-state index contributed by atoms with van der Waals surface area (Å²) in [6, 6.07) is 4.48. The van der Waals surface area contributed by atoms with Crippen LogP contribution in [0.5, 0.6) is 0 Å². The quantitative estimate of drug-likeness (QED) is 0.522. The van der Waals surface area contributed by atoms with Crippen molar-refractivity contribution in [2.24, 2.45) is 5.92 Å². The van der Waals surface area contributed by atoms with Crippen molar-refractivity contribution in [2.45, 2.75) is 38.6 Å². The second-order valence-corrected chi connectivity index (χ2v) is 5.58. The topological polar surface area (TPSA) is 81.5 Å². The number of hydrogen-bond donors (Lipinski definition) is 1. The van der Waals surface area contributed by atoms with Gasteiger partial charge in [-0.15, -0.1) is 0 Å². The molecule has 1 aliphatic carbocycles. The molecule has 6 heteroatoms. The molecule has 0 aromatic heterocycles. The number of anilines is 1. The van der Waals surface area contributed by atoms with Crippen LogP contribution in [-0.4, -0.2) is 24.0 Å². The van der Waals surface area contributed by atoms with Crippen LogP contribution in [0.25, 0.3) is 0 Å². The number of ether oxygens (including phenoxy) is 1. The molecule has 0 saturated heterocycles. The van der Waals surface area contributed by atoms with Crippen LogP contribution >= 0.6 is 0 Å². The highest BCUT2D eigenvalue weighted by molar-refractivity contribution is 5.91. The zero-order valence-corrected chi connectivity index (χ0v) is 12.3. The fourth-order valence-corrected chi connectivity index (χ4v) is 2.68. The first-order valence-electron chi connectivity index (χ1n) is 7.14. The number of carbonyl (C=O) groups excluding carboxylic acids is 1. The first-order chi connectivity index (χ1) is 10.0. The number of hydrogen-bond acceptors (Lipinski definition) is 5. The number of benzene rings is 1. The van der Waals surface area contributed by atoms with Crippen molar-refractivity contribution in [3.8, 4) is 0 Å². The van der Waals surface area contributed by atoms with Crippen molar-refractivity contribution in [3.63, 3.8) is 0 Å². The maximum Gasteiger partial charge on any atom is 0.337 e. The Hall–Kier alpha value is -2.11. The molecule has 0 aliphatic heterocycles. The molecular formula is C15H20N2O4. The van der Waals surface area contributed by atoms with Gasteiger partial charge in [-0.1, -0.05) is 6.92 Å². The molecule has 2 rings (SSSR count). The Morgan fingerprint density at radius 1 is 1.33 bits per heavy atom. The van der Waals surface area contributed by atoms with Crippen LogP contribution in [0.1, 0.15) is 43.0 Å². The van der Waals surface area contributed by atoms with Gasteiger partial charge in [-0.25, -0.2) is 4.79 Å². The van der Waals surface area contributed by atoms with Gasteiger partial charge < -0.3 is 10.1 Å². The molecule has 0 amide bonds. The first-order valence-corrected chi connectivity index (χ1v) is 7.14. The van der Waals surface area contributed by atoms with Crippen molar-refractivity contribution in [1.29, 1.82) is 0 Å². The van der Waals surface area contributed by atoms with E-state index >= 15 is 0 Å². The van der Waals surface area contributed by atoms with Gasteiger partial charge in [-0.2, -0.15) is 0 Å². The number of nitro groups is 1. The van der Waals surface area contributed by atoms with Crippen LogP contribution < -0.4 is 5.32 Å². The van der Waals surface area contributed by atoms with Gasteiger partial charge in [0.25, 0.3) is 5.69 Å². The van der Waals surface area contributed by atoms with E-state index in [1.165, 1.54) is 25.3 Å². The normalized spacial score (nSPS) is 21.6. The molecule has 1 aliphatic rings. The molecule has 1 N–H and O–H groups in total. The van der Waals surface area contributed by atoms with Gasteiger partial charge in [-0.3, -0.25) is 10.1 Å². The molecule has 1 aromatic carbocycles. The second kappa shape index (κ2) is 6.56. The lowest BCUT2D eigenvalue weighted by molar-refractivity contribution is -0.384. The lowest BCUT2D eigenvalue weighted by Crippen LogP contribution is -2.25. The molecule has 1 fully saturated rings. The Morgan fingerprint density at radius 3 is 2.57 bits per heavy atom. The van der Waals surface area contributed by atoms with Gasteiger partial charge in [-0.05, 0) is 43.7 Å². The predicted octanol–water partition coefficient (Wildman–Crippen LogP) is 3.37. The monoisotopic (exact) mass is 292 g/mol. The number of rotatable bonds is 4. The van der Waals surface area contributed by atoms with Crippen LogP contribution in [0.2, 0.25) is 0 Å². The van der Waals surface area contributed by atoms with Gasteiger partial charge >= 0.3 is 5.97 Å². The van der Waals surface area contributed by atoms with Crippen LogP contribution in [0.3, 0.4) is 0 Å². The van der Waals surface area contributed by atoms with E-state index in [4.69, 9.17) is 0 Å². The number of nitrogens with zero attached hydrogens (tertiary/aromatic N) is 1. The molecule has 0 heterocycles. The Morgan fingerprint density at radius 2 is 2.00 bits per heavy atom. The zero-order chi connectivity index (χ0) is 15.4. The van der Waals surface area contributed by atoms with Gasteiger partial charge in [0, 0.05) is 12.1 Å². The second-order valence-electron chi connectivity index (χ2n) is 5.58. The summed E-state index contributed by atoms with van der Waals surface area (Å²) in [5.41, 5.74) is 0.693. The van der Waals surface area contributed by atoms with Gasteiger partial charge in [0.15, 0.2) is 0 Å². The summed E-state index contributed by atoms with van der Waals surface area (Å²) in [4.78, 5) is 22.2. The van der Waals surface area contributed by atoms with Crippen LogP contribution in [0, 0.1) is 16.0 Å². The van der Waals surface area contributed by atoms with Crippen LogP contribution in [0.15, 0.2) is 18.2 Å². The SMILES string of the molecule is COC(=O)c1ccc([N+](=O)[O-])c(NC2CCC(C)CC2)c1. The van der Waals surface area contributed by atoms with Crippen molar-refractivity contribution < 1.29 is 14.5 Å². The molecule has 6 nitrogen and oxygen atoms in total. The third-order valence-electron chi connectivity index (χ3n) is 3.99. The van der Waals surface area contributed by atoms with Gasteiger partial charge in [0.05, 0.1) is 17.6 Å². The van der Waals surface area contributed by atoms with Gasteiger partial charge in [0.2, 0.25) is 0 Å². The number of nitro benzene ring substituents is 1. The standard InChI is InChI=1S/C15H20N2O4/c1-10-3-6-12(7-4-10)16-13-9-11(15(18)21-2)5-8-14(13)17(19)20/h5,8-10,12,16H,3-4,6-7H2,1-2H3. The summed E-state index contributed by atoms with van der Waals surface area (Å²) in [5, 5.41) is 14.3. The lowest BCUT2D eigenvalue weighted by Gasteiger charge is -2.27. The highest BCUT2D eigenvalue weighted by Gasteiger charge is 2.22. The average Bonchev–Trinajstić information content (AvgIpc) is 2.48. The van der Waals surface area contributed by atoms with E-state index in [-0.39, 0.29) is 11.7 Å². The Bertz CT molecular complexity index is 536. The van der Waals surface area contributed by atoms with E-state index in [2.05, 4.69) is 17.0 Å². The van der Waals surface area contributed by atoms with E-state index in [0.29, 0.717) is 17.2 Å². The summed E-state index contributed by atoms with van der Waals surface area (Å²) in [6.45, 7) is 2.22. The lowest BCUT2D eigenvalue weighted by atomic mass is 9.87. The number of carbonyl (C=O) groups is 1. The van der Waals surface area contributed by atoms with E-state index in [9.17, 15) is 14.9 Å². The van der Waals surface area contributed by atoms with Crippen LogP contribution in [0.4, 0.5) is 11.4 Å². The third-order valence-corrected chi connectivity index (χ3v) is 3.99. The van der Waals surface area contributed by atoms with E-state index < -0.39 is 10.9 Å². The molecule has 21 heavy (non-hydrogen) atoms. The molecule has 0 radical (unpaired) electrons. The summed E-state index contributed by atoms with van der Waals surface area (Å²) in [6.07, 6.45) is 4.20. The van der Waals surface area contributed by atoms with Crippen molar-refractivity contribution in [3.05, 3.63) is 33.9 Å². The van der Waals surface area contributed by atoms with E-state index in [0.717, 1.165) is 25.7 Å². The Labute approximate surface area is 123 Å². The Kier molecular flexibility index (Phi) is 4.77. The number of nitrogens with one attached hydrogen (secondary N) is 1. The maximum absolute atomic E-state index is 11.6. The smallest absolute Gasteiger partial charge is 0.337 e. The van der Waals surface area contributed by atoms with Crippen molar-refractivity contribution in [2.75, 3.05) is 12.4 Å². The molecule has 0 bridgehead atoms. The largest absolute Gasteiger partial charge is 0.465 e. The fraction of sp³-hybridized carbons (Fsp3) is 0.533. The van der Waals surface area contributed by atoms with Crippen molar-refractivity contribution in [1.82, 2.24) is 0 Å². The molecule has 1 aromatic rings. The summed E-state index contributed by atoms with van der Waals surface area (Å²) in [7, 11) is 1.29. The van der Waals surface area contributed by atoms with Gasteiger partial charge in [0.1, 0.15) is 5.69 Å². The van der Waals surface area contributed by atoms with Crippen LogP contribution in [-0.2, 0) is 4.74 Å². The minimum Gasteiger partial charge on any atom is -0.465 e. The average molecular weight is 292 g/mol. The summed E-state index contributed by atoms with van der Waals surface area (Å²) in [5.74, 6) is 0.213.